The molecule has 0 radical (unpaired) electrons. The van der Waals surface area contributed by atoms with Gasteiger partial charge in [0.25, 0.3) is 0 Å². The Bertz CT molecular complexity index is 377. The summed E-state index contributed by atoms with van der Waals surface area (Å²) in [5.74, 6) is 1.43. The van der Waals surface area contributed by atoms with Crippen LogP contribution >= 0.6 is 0 Å². The first-order valence-electron chi connectivity index (χ1n) is 7.22. The summed E-state index contributed by atoms with van der Waals surface area (Å²) in [5, 5.41) is 0. The predicted octanol–water partition coefficient (Wildman–Crippen LogP) is 3.15. The number of epoxide rings is 2. The van der Waals surface area contributed by atoms with Gasteiger partial charge in [0.1, 0.15) is 0 Å². The highest BCUT2D eigenvalue weighted by Crippen LogP contribution is 2.66. The maximum Gasteiger partial charge on any atom is 0.0952 e. The van der Waals surface area contributed by atoms with Crippen molar-refractivity contribution in [2.24, 2.45) is 17.3 Å². The second-order valence-corrected chi connectivity index (χ2v) is 7.84. The van der Waals surface area contributed by atoms with Crippen molar-refractivity contribution in [1.29, 1.82) is 0 Å². The molecule has 0 aromatic rings. The molecule has 2 heteroatoms. The van der Waals surface area contributed by atoms with Gasteiger partial charge in [-0.15, -0.1) is 0 Å². The summed E-state index contributed by atoms with van der Waals surface area (Å²) in [7, 11) is 0. The number of hydrogen-bond acceptors (Lipinski definition) is 2. The van der Waals surface area contributed by atoms with Crippen LogP contribution in [0, 0.1) is 17.3 Å². The van der Waals surface area contributed by atoms with Gasteiger partial charge in [0.05, 0.1) is 23.4 Å². The van der Waals surface area contributed by atoms with Crippen LogP contribution in [0.25, 0.3) is 0 Å². The van der Waals surface area contributed by atoms with Gasteiger partial charge < -0.3 is 9.47 Å². The SMILES string of the molecule is CC1(C)CC[C@H]2O[C@@]2(C)[C@@H]2CC[C@@]3(C)O[C@H]3[C@@H]21. The zero-order valence-electron chi connectivity index (χ0n) is 11.5. The normalized spacial score (nSPS) is 62.8. The molecule has 2 saturated heterocycles. The first-order chi connectivity index (χ1) is 7.87. The molecule has 4 rings (SSSR count). The van der Waals surface area contributed by atoms with Crippen LogP contribution in [0.1, 0.15) is 53.4 Å². The highest BCUT2D eigenvalue weighted by molar-refractivity contribution is 5.19. The summed E-state index contributed by atoms with van der Waals surface area (Å²) >= 11 is 0. The Morgan fingerprint density at radius 1 is 0.941 bits per heavy atom. The van der Waals surface area contributed by atoms with Crippen LogP contribution in [0.5, 0.6) is 0 Å². The van der Waals surface area contributed by atoms with Crippen LogP contribution in [0.4, 0.5) is 0 Å². The molecular weight excluding hydrogens is 212 g/mol. The molecular formula is C15H24O2. The molecule has 4 aliphatic rings. The largest absolute Gasteiger partial charge is 0.366 e. The summed E-state index contributed by atoms with van der Waals surface area (Å²) in [6.07, 6.45) is 6.13. The third-order valence-electron chi connectivity index (χ3n) is 6.32. The van der Waals surface area contributed by atoms with Crippen LogP contribution < -0.4 is 0 Å². The van der Waals surface area contributed by atoms with E-state index in [4.69, 9.17) is 9.47 Å². The maximum absolute atomic E-state index is 6.08. The fraction of sp³-hybridized carbons (Fsp3) is 1.00. The standard InChI is InChI=1S/C15H24O2/c1-13(2)7-6-10-15(4,16-10)9-5-8-14(3)12(17-14)11(9)13/h9-12H,5-8H2,1-4H3/t9-,10-,11-,12+,14-,15+/m1/s1. The highest BCUT2D eigenvalue weighted by Gasteiger charge is 2.71. The second-order valence-electron chi connectivity index (χ2n) is 7.84. The lowest BCUT2D eigenvalue weighted by Crippen LogP contribution is -2.45. The monoisotopic (exact) mass is 236 g/mol. The first-order valence-corrected chi connectivity index (χ1v) is 7.22. The predicted molar refractivity (Wildman–Crippen MR) is 65.8 cm³/mol. The second kappa shape index (κ2) is 2.75. The van der Waals surface area contributed by atoms with Gasteiger partial charge in [-0.1, -0.05) is 13.8 Å². The lowest BCUT2D eigenvalue weighted by molar-refractivity contribution is 0.0355. The minimum Gasteiger partial charge on any atom is -0.366 e. The van der Waals surface area contributed by atoms with Gasteiger partial charge in [0.15, 0.2) is 0 Å². The van der Waals surface area contributed by atoms with E-state index in [1.807, 2.05) is 0 Å². The van der Waals surface area contributed by atoms with Gasteiger partial charge in [0, 0.05) is 0 Å². The Hall–Kier alpha value is -0.0800. The lowest BCUT2D eigenvalue weighted by atomic mass is 9.60. The number of ether oxygens (including phenoxy) is 2. The van der Waals surface area contributed by atoms with E-state index < -0.39 is 0 Å². The van der Waals surface area contributed by atoms with E-state index in [0.717, 1.165) is 5.92 Å². The Morgan fingerprint density at radius 2 is 1.71 bits per heavy atom. The van der Waals surface area contributed by atoms with Gasteiger partial charge >= 0.3 is 0 Å². The highest BCUT2D eigenvalue weighted by atomic mass is 16.6. The topological polar surface area (TPSA) is 25.1 Å². The molecule has 0 amide bonds. The fourth-order valence-corrected chi connectivity index (χ4v) is 4.95. The van der Waals surface area contributed by atoms with E-state index in [-0.39, 0.29) is 11.2 Å². The van der Waals surface area contributed by atoms with Gasteiger partial charge in [-0.2, -0.15) is 0 Å². The molecule has 2 heterocycles. The average Bonchev–Trinajstić information content (AvgIpc) is 3.08. The molecule has 0 spiro atoms. The summed E-state index contributed by atoms with van der Waals surface area (Å²) in [6, 6.07) is 0. The van der Waals surface area contributed by atoms with E-state index in [9.17, 15) is 0 Å². The molecule has 0 bridgehead atoms. The summed E-state index contributed by atoms with van der Waals surface area (Å²) < 4.78 is 12.1. The van der Waals surface area contributed by atoms with Crippen LogP contribution in [0.15, 0.2) is 0 Å². The van der Waals surface area contributed by atoms with E-state index in [1.54, 1.807) is 0 Å². The molecule has 0 N–H and O–H groups in total. The molecule has 2 aliphatic carbocycles. The van der Waals surface area contributed by atoms with Crippen molar-refractivity contribution in [2.45, 2.75) is 76.8 Å². The third-order valence-corrected chi connectivity index (χ3v) is 6.32. The summed E-state index contributed by atoms with van der Waals surface area (Å²) in [5.41, 5.74) is 0.822. The van der Waals surface area contributed by atoms with Crippen molar-refractivity contribution in [3.63, 3.8) is 0 Å². The zero-order valence-corrected chi connectivity index (χ0v) is 11.5. The Balaban J connectivity index is 1.74. The van der Waals surface area contributed by atoms with E-state index >= 15 is 0 Å². The van der Waals surface area contributed by atoms with E-state index in [1.165, 1.54) is 25.7 Å². The number of fused-ring (bicyclic) bond motifs is 5. The smallest absolute Gasteiger partial charge is 0.0952 e. The Labute approximate surface area is 104 Å². The maximum atomic E-state index is 6.08. The van der Waals surface area contributed by atoms with Crippen molar-refractivity contribution < 1.29 is 9.47 Å². The van der Waals surface area contributed by atoms with Crippen LogP contribution in [0.2, 0.25) is 0 Å². The van der Waals surface area contributed by atoms with Crippen molar-refractivity contribution >= 4 is 0 Å². The number of hydrogen-bond donors (Lipinski definition) is 0. The average molecular weight is 236 g/mol. The molecule has 0 aromatic carbocycles. The molecule has 2 aliphatic heterocycles. The van der Waals surface area contributed by atoms with Crippen molar-refractivity contribution in [3.05, 3.63) is 0 Å². The molecule has 2 saturated carbocycles. The van der Waals surface area contributed by atoms with Gasteiger partial charge in [0.2, 0.25) is 0 Å². The number of rotatable bonds is 0. The Kier molecular flexibility index (Phi) is 1.75. The summed E-state index contributed by atoms with van der Waals surface area (Å²) in [4.78, 5) is 0. The van der Waals surface area contributed by atoms with Crippen molar-refractivity contribution in [1.82, 2.24) is 0 Å². The first kappa shape index (κ1) is 10.8. The van der Waals surface area contributed by atoms with Crippen molar-refractivity contribution in [2.75, 3.05) is 0 Å². The zero-order chi connectivity index (χ0) is 12.1. The summed E-state index contributed by atoms with van der Waals surface area (Å²) in [6.45, 7) is 9.56. The fourth-order valence-electron chi connectivity index (χ4n) is 4.95. The van der Waals surface area contributed by atoms with Gasteiger partial charge in [-0.25, -0.2) is 0 Å². The van der Waals surface area contributed by atoms with Crippen LogP contribution in [-0.2, 0) is 9.47 Å². The molecule has 4 fully saturated rings. The van der Waals surface area contributed by atoms with Gasteiger partial charge in [-0.3, -0.25) is 0 Å². The molecule has 0 aromatic heterocycles. The molecule has 6 atom stereocenters. The quantitative estimate of drug-likeness (QED) is 0.604. The Morgan fingerprint density at radius 3 is 2.47 bits per heavy atom. The molecule has 17 heavy (non-hydrogen) atoms. The van der Waals surface area contributed by atoms with Crippen molar-refractivity contribution in [3.8, 4) is 0 Å². The van der Waals surface area contributed by atoms with Crippen LogP contribution in [-0.4, -0.2) is 23.4 Å². The van der Waals surface area contributed by atoms with Gasteiger partial charge in [-0.05, 0) is 56.8 Å². The minimum atomic E-state index is 0.186. The lowest BCUT2D eigenvalue weighted by Gasteiger charge is -2.42. The van der Waals surface area contributed by atoms with E-state index in [0.29, 0.717) is 23.5 Å². The third kappa shape index (κ3) is 1.24. The molecule has 2 nitrogen and oxygen atoms in total. The van der Waals surface area contributed by atoms with Crippen LogP contribution in [0.3, 0.4) is 0 Å². The molecule has 96 valence electrons. The van der Waals surface area contributed by atoms with E-state index in [2.05, 4.69) is 27.7 Å². The molecule has 0 unspecified atom stereocenters. The minimum absolute atomic E-state index is 0.186.